The monoisotopic (exact) mass is 437 g/mol. The number of fused-ring (bicyclic) bond motifs is 2. The Kier molecular flexibility index (Phi) is 5.73. The van der Waals surface area contributed by atoms with Crippen LogP contribution in [0.3, 0.4) is 0 Å². The highest BCUT2D eigenvalue weighted by atomic mass is 16.5. The average Bonchev–Trinajstić information content (AvgIpc) is 3.41. The largest absolute Gasteiger partial charge is 0.371 e. The molecule has 0 spiro atoms. The first kappa shape index (κ1) is 21.2. The number of carbonyl (C=O) groups excluding carboxylic acids is 2. The molecule has 0 radical (unpaired) electrons. The van der Waals surface area contributed by atoms with Crippen molar-refractivity contribution in [3.8, 4) is 0 Å². The van der Waals surface area contributed by atoms with Gasteiger partial charge in [-0.15, -0.1) is 0 Å². The van der Waals surface area contributed by atoms with Crippen LogP contribution in [0.25, 0.3) is 0 Å². The quantitative estimate of drug-likeness (QED) is 0.685. The number of carbonyl (C=O) groups is 2. The van der Waals surface area contributed by atoms with Crippen molar-refractivity contribution in [2.45, 2.75) is 45.4 Å². The van der Waals surface area contributed by atoms with E-state index < -0.39 is 0 Å². The van der Waals surface area contributed by atoms with Gasteiger partial charge in [0.25, 0.3) is 0 Å². The molecule has 3 fully saturated rings. The smallest absolute Gasteiger partial charge is 0.344 e. The zero-order chi connectivity index (χ0) is 22.2. The first-order valence-electron chi connectivity index (χ1n) is 11.5. The standard InChI is InChI=1S/C24H31N5O3/c1-17-3-4-19(23(13-17)28-15-20-5-6-21(16-28)32-20)14-26-9-11-27(12-10-26)24(31)29-8-7-22(25-29)18(2)30/h3-4,7-8,13,20-21H,5-6,9-12,14-16H2,1-2H3. The normalized spacial score (nSPS) is 23.6. The molecule has 2 unspecified atom stereocenters. The Bertz CT molecular complexity index is 999. The zero-order valence-corrected chi connectivity index (χ0v) is 18.9. The highest BCUT2D eigenvalue weighted by Gasteiger charge is 2.34. The lowest BCUT2D eigenvalue weighted by molar-refractivity contribution is 0.0304. The molecule has 0 aliphatic carbocycles. The van der Waals surface area contributed by atoms with E-state index in [0.29, 0.717) is 31.0 Å². The van der Waals surface area contributed by atoms with Crippen molar-refractivity contribution in [3.05, 3.63) is 47.3 Å². The summed E-state index contributed by atoms with van der Waals surface area (Å²) in [7, 11) is 0. The Labute approximate surface area is 188 Å². The van der Waals surface area contributed by atoms with E-state index in [1.165, 1.54) is 41.3 Å². The predicted octanol–water partition coefficient (Wildman–Crippen LogP) is 2.55. The number of piperazine rings is 1. The minimum Gasteiger partial charge on any atom is -0.371 e. The maximum absolute atomic E-state index is 12.7. The second-order valence-corrected chi connectivity index (χ2v) is 9.24. The van der Waals surface area contributed by atoms with Crippen LogP contribution in [0.4, 0.5) is 10.5 Å². The lowest BCUT2D eigenvalue weighted by atomic mass is 10.1. The summed E-state index contributed by atoms with van der Waals surface area (Å²) in [5.74, 6) is -0.136. The molecule has 1 amide bonds. The van der Waals surface area contributed by atoms with E-state index >= 15 is 0 Å². The first-order valence-corrected chi connectivity index (χ1v) is 11.5. The summed E-state index contributed by atoms with van der Waals surface area (Å²) in [4.78, 5) is 30.9. The number of amides is 1. The second-order valence-electron chi connectivity index (χ2n) is 9.24. The number of ether oxygens (including phenoxy) is 1. The number of aryl methyl sites for hydroxylation is 1. The molecule has 170 valence electrons. The van der Waals surface area contributed by atoms with E-state index in [-0.39, 0.29) is 11.8 Å². The number of benzene rings is 1. The third kappa shape index (κ3) is 4.29. The van der Waals surface area contributed by atoms with Crippen molar-refractivity contribution in [1.29, 1.82) is 0 Å². The van der Waals surface area contributed by atoms with Gasteiger partial charge in [0.1, 0.15) is 5.69 Å². The highest BCUT2D eigenvalue weighted by Crippen LogP contribution is 2.32. The highest BCUT2D eigenvalue weighted by molar-refractivity contribution is 5.92. The zero-order valence-electron chi connectivity index (χ0n) is 18.9. The van der Waals surface area contributed by atoms with Gasteiger partial charge >= 0.3 is 6.03 Å². The van der Waals surface area contributed by atoms with Gasteiger partial charge in [0.2, 0.25) is 0 Å². The molecule has 8 heteroatoms. The maximum atomic E-state index is 12.7. The van der Waals surface area contributed by atoms with Crippen LogP contribution in [0.5, 0.6) is 0 Å². The SMILES string of the molecule is CC(=O)c1ccn(C(=O)N2CCN(Cc3ccc(C)cc3N3CC4CCC(C3)O4)CC2)n1. The molecule has 8 nitrogen and oxygen atoms in total. The van der Waals surface area contributed by atoms with E-state index in [0.717, 1.165) is 32.7 Å². The van der Waals surface area contributed by atoms with Crippen LogP contribution in [0, 0.1) is 6.92 Å². The number of ketones is 1. The van der Waals surface area contributed by atoms with Crippen LogP contribution < -0.4 is 4.90 Å². The molecule has 3 aliphatic rings. The molecule has 2 bridgehead atoms. The number of anilines is 1. The number of hydrogen-bond donors (Lipinski definition) is 0. The van der Waals surface area contributed by atoms with Crippen LogP contribution in [0.1, 0.15) is 41.4 Å². The Hall–Kier alpha value is -2.71. The van der Waals surface area contributed by atoms with Gasteiger partial charge in [-0.1, -0.05) is 12.1 Å². The van der Waals surface area contributed by atoms with Gasteiger partial charge in [0.15, 0.2) is 5.78 Å². The summed E-state index contributed by atoms with van der Waals surface area (Å²) in [5.41, 5.74) is 4.27. The molecular formula is C24H31N5O3. The molecule has 4 heterocycles. The number of rotatable bonds is 4. The number of Topliss-reactive ketones (excluding diaryl/α,β-unsaturated/α-hetero) is 1. The van der Waals surface area contributed by atoms with Gasteiger partial charge < -0.3 is 14.5 Å². The van der Waals surface area contributed by atoms with Crippen molar-refractivity contribution in [2.75, 3.05) is 44.2 Å². The van der Waals surface area contributed by atoms with E-state index in [2.05, 4.69) is 40.0 Å². The summed E-state index contributed by atoms with van der Waals surface area (Å²) in [6.45, 7) is 9.36. The van der Waals surface area contributed by atoms with Crippen molar-refractivity contribution >= 4 is 17.5 Å². The Morgan fingerprint density at radius 2 is 1.78 bits per heavy atom. The molecule has 32 heavy (non-hydrogen) atoms. The van der Waals surface area contributed by atoms with E-state index in [4.69, 9.17) is 4.74 Å². The maximum Gasteiger partial charge on any atom is 0.344 e. The van der Waals surface area contributed by atoms with Crippen LogP contribution in [0.15, 0.2) is 30.5 Å². The Balaban J connectivity index is 1.22. The summed E-state index contributed by atoms with van der Waals surface area (Å²) in [6, 6.07) is 8.18. The average molecular weight is 438 g/mol. The fraction of sp³-hybridized carbons (Fsp3) is 0.542. The molecule has 1 aromatic heterocycles. The van der Waals surface area contributed by atoms with Crippen LogP contribution in [-0.4, -0.2) is 82.9 Å². The first-order chi connectivity index (χ1) is 15.5. The van der Waals surface area contributed by atoms with Gasteiger partial charge in [-0.25, -0.2) is 4.79 Å². The summed E-state index contributed by atoms with van der Waals surface area (Å²) < 4.78 is 7.31. The number of hydrogen-bond acceptors (Lipinski definition) is 6. The summed E-state index contributed by atoms with van der Waals surface area (Å²) >= 11 is 0. The second kappa shape index (κ2) is 8.67. The van der Waals surface area contributed by atoms with Crippen LogP contribution >= 0.6 is 0 Å². The summed E-state index contributed by atoms with van der Waals surface area (Å²) in [6.07, 6.45) is 4.63. The lowest BCUT2D eigenvalue weighted by Crippen LogP contribution is -2.49. The molecule has 0 saturated carbocycles. The third-order valence-corrected chi connectivity index (χ3v) is 6.81. The molecule has 2 aromatic rings. The number of morpholine rings is 1. The molecule has 0 N–H and O–H groups in total. The van der Waals surface area contributed by atoms with Gasteiger partial charge in [-0.3, -0.25) is 9.69 Å². The molecule has 1 aromatic carbocycles. The summed E-state index contributed by atoms with van der Waals surface area (Å²) in [5, 5.41) is 4.11. The lowest BCUT2D eigenvalue weighted by Gasteiger charge is -2.37. The number of aromatic nitrogens is 2. The number of nitrogens with zero attached hydrogens (tertiary/aromatic N) is 5. The molecule has 2 atom stereocenters. The van der Waals surface area contributed by atoms with E-state index in [9.17, 15) is 9.59 Å². The van der Waals surface area contributed by atoms with Crippen molar-refractivity contribution in [1.82, 2.24) is 19.6 Å². The molecule has 3 aliphatic heterocycles. The van der Waals surface area contributed by atoms with Crippen molar-refractivity contribution in [2.24, 2.45) is 0 Å². The predicted molar refractivity (Wildman–Crippen MR) is 121 cm³/mol. The minimum atomic E-state index is -0.169. The fourth-order valence-corrected chi connectivity index (χ4v) is 5.01. The van der Waals surface area contributed by atoms with Crippen molar-refractivity contribution < 1.29 is 14.3 Å². The van der Waals surface area contributed by atoms with Gasteiger partial charge in [0.05, 0.1) is 12.2 Å². The van der Waals surface area contributed by atoms with Crippen LogP contribution in [-0.2, 0) is 11.3 Å². The third-order valence-electron chi connectivity index (χ3n) is 6.81. The van der Waals surface area contributed by atoms with Gasteiger partial charge in [-0.2, -0.15) is 9.78 Å². The minimum absolute atomic E-state index is 0.136. The van der Waals surface area contributed by atoms with Crippen LogP contribution in [0.2, 0.25) is 0 Å². The van der Waals surface area contributed by atoms with Gasteiger partial charge in [0, 0.05) is 64.6 Å². The fourth-order valence-electron chi connectivity index (χ4n) is 5.01. The Morgan fingerprint density at radius 1 is 1.06 bits per heavy atom. The van der Waals surface area contributed by atoms with Gasteiger partial charge in [-0.05, 0) is 43.0 Å². The van der Waals surface area contributed by atoms with Crippen molar-refractivity contribution in [3.63, 3.8) is 0 Å². The topological polar surface area (TPSA) is 70.9 Å². The molecule has 5 rings (SSSR count). The Morgan fingerprint density at radius 3 is 2.44 bits per heavy atom. The van der Waals surface area contributed by atoms with E-state index in [1.54, 1.807) is 12.3 Å². The van der Waals surface area contributed by atoms with E-state index in [1.807, 2.05) is 4.90 Å². The molecular weight excluding hydrogens is 406 g/mol. The molecule has 3 saturated heterocycles.